The number of nitrogens with zero attached hydrogens (tertiary/aromatic N) is 3. The van der Waals surface area contributed by atoms with E-state index >= 15 is 0 Å². The van der Waals surface area contributed by atoms with E-state index in [1.165, 1.54) is 19.1 Å². The van der Waals surface area contributed by atoms with Crippen molar-refractivity contribution in [3.8, 4) is 17.1 Å². The predicted octanol–water partition coefficient (Wildman–Crippen LogP) is 3.50. The van der Waals surface area contributed by atoms with Crippen LogP contribution in [0, 0.1) is 5.82 Å². The van der Waals surface area contributed by atoms with Gasteiger partial charge < -0.3 is 14.6 Å². The van der Waals surface area contributed by atoms with E-state index in [9.17, 15) is 14.0 Å². The maximum absolute atomic E-state index is 13.4. The van der Waals surface area contributed by atoms with Crippen LogP contribution in [-0.4, -0.2) is 34.1 Å². The average molecular weight is 431 g/mol. The van der Waals surface area contributed by atoms with Crippen molar-refractivity contribution >= 4 is 23.5 Å². The number of carbonyl (C=O) groups excluding carboxylic acids is 2. The van der Waals surface area contributed by atoms with E-state index in [-0.39, 0.29) is 23.0 Å². The molecule has 8 nitrogen and oxygen atoms in total. The number of halogens is 2. The molecule has 3 aromatic rings. The highest BCUT2D eigenvalue weighted by Crippen LogP contribution is 2.34. The molecule has 1 aliphatic rings. The molecule has 1 atom stereocenters. The monoisotopic (exact) mass is 430 g/mol. The van der Waals surface area contributed by atoms with Crippen molar-refractivity contribution in [3.05, 3.63) is 64.8 Å². The van der Waals surface area contributed by atoms with Crippen molar-refractivity contribution in [2.45, 2.75) is 19.0 Å². The molecule has 1 fully saturated rings. The highest BCUT2D eigenvalue weighted by Gasteiger charge is 2.50. The number of carbonyl (C=O) groups is 2. The number of ether oxygens (including phenoxy) is 1. The normalized spacial score (nSPS) is 18.6. The topological polar surface area (TPSA) is 97.6 Å². The Morgan fingerprint density at radius 3 is 2.80 bits per heavy atom. The molecule has 4 rings (SSSR count). The van der Waals surface area contributed by atoms with Gasteiger partial charge in [0, 0.05) is 16.1 Å². The lowest BCUT2D eigenvalue weighted by Crippen LogP contribution is -2.41. The van der Waals surface area contributed by atoms with Crippen LogP contribution in [0.2, 0.25) is 5.02 Å². The molecule has 3 amide bonds. The van der Waals surface area contributed by atoms with Crippen LogP contribution in [0.1, 0.15) is 18.4 Å². The standard InChI is InChI=1S/C20H16ClFN4O4/c1-20(14-7-6-12(22)9-15(14)21)18(27)26(19(28)24-20)10-16-23-17(25-30-16)11-4-3-5-13(8-11)29-2/h3-9H,10H2,1-2H3,(H,24,28)/t20-/m1/s1. The summed E-state index contributed by atoms with van der Waals surface area (Å²) in [6.45, 7) is 1.28. The van der Waals surface area contributed by atoms with Gasteiger partial charge in [-0.2, -0.15) is 4.98 Å². The average Bonchev–Trinajstić information content (AvgIpc) is 3.27. The fourth-order valence-corrected chi connectivity index (χ4v) is 3.61. The minimum atomic E-state index is -1.45. The summed E-state index contributed by atoms with van der Waals surface area (Å²) in [7, 11) is 1.54. The first-order valence-electron chi connectivity index (χ1n) is 8.88. The van der Waals surface area contributed by atoms with Crippen LogP contribution in [0.3, 0.4) is 0 Å². The van der Waals surface area contributed by atoms with Crippen molar-refractivity contribution in [3.63, 3.8) is 0 Å². The Morgan fingerprint density at radius 2 is 2.07 bits per heavy atom. The summed E-state index contributed by atoms with van der Waals surface area (Å²) < 4.78 is 23.8. The van der Waals surface area contributed by atoms with E-state index in [1.54, 1.807) is 31.4 Å². The third kappa shape index (κ3) is 3.37. The molecular weight excluding hydrogens is 415 g/mol. The van der Waals surface area contributed by atoms with Crippen molar-refractivity contribution in [1.29, 1.82) is 0 Å². The number of aromatic nitrogens is 2. The van der Waals surface area contributed by atoms with E-state index in [1.807, 2.05) is 0 Å². The molecule has 0 aliphatic carbocycles. The lowest BCUT2D eigenvalue weighted by atomic mass is 9.92. The Bertz CT molecular complexity index is 1150. The summed E-state index contributed by atoms with van der Waals surface area (Å²) in [5.74, 6) is -0.120. The molecule has 0 spiro atoms. The molecule has 0 radical (unpaired) electrons. The summed E-state index contributed by atoms with van der Waals surface area (Å²) in [6.07, 6.45) is 0. The predicted molar refractivity (Wildman–Crippen MR) is 104 cm³/mol. The fourth-order valence-electron chi connectivity index (χ4n) is 3.25. The number of hydrogen-bond donors (Lipinski definition) is 1. The quantitative estimate of drug-likeness (QED) is 0.622. The van der Waals surface area contributed by atoms with E-state index in [2.05, 4.69) is 15.5 Å². The Kier molecular flexibility index (Phi) is 4.90. The molecule has 2 heterocycles. The number of rotatable bonds is 5. The van der Waals surface area contributed by atoms with Crippen molar-refractivity contribution in [1.82, 2.24) is 20.4 Å². The Hall–Kier alpha value is -3.46. The molecular formula is C20H16ClFN4O4. The van der Waals surface area contributed by atoms with Gasteiger partial charge in [0.05, 0.1) is 7.11 Å². The Balaban J connectivity index is 1.58. The molecule has 10 heteroatoms. The molecule has 1 saturated heterocycles. The lowest BCUT2D eigenvalue weighted by Gasteiger charge is -2.23. The smallest absolute Gasteiger partial charge is 0.325 e. The number of imide groups is 1. The summed E-state index contributed by atoms with van der Waals surface area (Å²) in [5.41, 5.74) is -0.504. The molecule has 2 aromatic carbocycles. The first-order valence-corrected chi connectivity index (χ1v) is 9.26. The molecule has 1 aromatic heterocycles. The minimum Gasteiger partial charge on any atom is -0.497 e. The van der Waals surface area contributed by atoms with E-state index < -0.39 is 23.3 Å². The third-order valence-electron chi connectivity index (χ3n) is 4.83. The second-order valence-electron chi connectivity index (χ2n) is 6.81. The van der Waals surface area contributed by atoms with Gasteiger partial charge in [-0.1, -0.05) is 35.0 Å². The zero-order valence-corrected chi connectivity index (χ0v) is 16.7. The number of amides is 3. The number of nitrogens with one attached hydrogen (secondary N) is 1. The van der Waals surface area contributed by atoms with Gasteiger partial charge in [-0.15, -0.1) is 0 Å². The van der Waals surface area contributed by atoms with Crippen LogP contribution in [0.15, 0.2) is 47.0 Å². The summed E-state index contributed by atoms with van der Waals surface area (Å²) >= 11 is 6.10. The molecule has 0 saturated carbocycles. The number of methoxy groups -OCH3 is 1. The molecule has 0 unspecified atom stereocenters. The van der Waals surface area contributed by atoms with Gasteiger partial charge >= 0.3 is 6.03 Å². The second-order valence-corrected chi connectivity index (χ2v) is 7.22. The number of hydrogen-bond acceptors (Lipinski definition) is 6. The Labute approximate surface area is 175 Å². The fraction of sp³-hybridized carbons (Fsp3) is 0.200. The lowest BCUT2D eigenvalue weighted by molar-refractivity contribution is -0.131. The largest absolute Gasteiger partial charge is 0.497 e. The molecule has 0 bridgehead atoms. The summed E-state index contributed by atoms with van der Waals surface area (Å²) in [6, 6.07) is 10.0. The summed E-state index contributed by atoms with van der Waals surface area (Å²) in [5, 5.41) is 6.54. The van der Waals surface area contributed by atoms with Crippen LogP contribution < -0.4 is 10.1 Å². The van der Waals surface area contributed by atoms with Gasteiger partial charge in [-0.3, -0.25) is 9.69 Å². The SMILES string of the molecule is COc1cccc(-c2noc(CN3C(=O)N[C@](C)(c4ccc(F)cc4Cl)C3=O)n2)c1. The van der Waals surface area contributed by atoms with Gasteiger partial charge in [0.25, 0.3) is 5.91 Å². The minimum absolute atomic E-state index is 0.0334. The van der Waals surface area contributed by atoms with Crippen LogP contribution in [-0.2, 0) is 16.9 Å². The van der Waals surface area contributed by atoms with E-state index in [0.717, 1.165) is 11.0 Å². The molecule has 30 heavy (non-hydrogen) atoms. The van der Waals surface area contributed by atoms with Gasteiger partial charge in [0.15, 0.2) is 0 Å². The van der Waals surface area contributed by atoms with Crippen molar-refractivity contribution < 1.29 is 23.2 Å². The first-order chi connectivity index (χ1) is 14.3. The van der Waals surface area contributed by atoms with Crippen molar-refractivity contribution in [2.24, 2.45) is 0 Å². The van der Waals surface area contributed by atoms with Crippen LogP contribution in [0.25, 0.3) is 11.4 Å². The number of benzene rings is 2. The maximum Gasteiger partial charge on any atom is 0.325 e. The second kappa shape index (κ2) is 7.42. The molecule has 154 valence electrons. The van der Waals surface area contributed by atoms with E-state index in [4.69, 9.17) is 20.9 Å². The first kappa shape index (κ1) is 19.8. The van der Waals surface area contributed by atoms with Gasteiger partial charge in [-0.25, -0.2) is 9.18 Å². The highest BCUT2D eigenvalue weighted by molar-refractivity contribution is 6.32. The molecule has 1 N–H and O–H groups in total. The van der Waals surface area contributed by atoms with Gasteiger partial charge in [-0.05, 0) is 31.2 Å². The van der Waals surface area contributed by atoms with Crippen LogP contribution >= 0.6 is 11.6 Å². The number of urea groups is 1. The van der Waals surface area contributed by atoms with Gasteiger partial charge in [0.2, 0.25) is 11.7 Å². The molecule has 1 aliphatic heterocycles. The van der Waals surface area contributed by atoms with Crippen LogP contribution in [0.4, 0.5) is 9.18 Å². The van der Waals surface area contributed by atoms with Crippen LogP contribution in [0.5, 0.6) is 5.75 Å². The highest BCUT2D eigenvalue weighted by atomic mass is 35.5. The Morgan fingerprint density at radius 1 is 1.27 bits per heavy atom. The summed E-state index contributed by atoms with van der Waals surface area (Å²) in [4.78, 5) is 30.7. The zero-order chi connectivity index (χ0) is 21.5. The third-order valence-corrected chi connectivity index (χ3v) is 5.15. The van der Waals surface area contributed by atoms with E-state index in [0.29, 0.717) is 17.1 Å². The zero-order valence-electron chi connectivity index (χ0n) is 16.0. The van der Waals surface area contributed by atoms with Gasteiger partial charge in [0.1, 0.15) is 23.7 Å². The van der Waals surface area contributed by atoms with Crippen molar-refractivity contribution in [2.75, 3.05) is 7.11 Å². The maximum atomic E-state index is 13.4.